The van der Waals surface area contributed by atoms with Gasteiger partial charge in [-0.25, -0.2) is 0 Å². The average Bonchev–Trinajstić information content (AvgIpc) is 2.23. The number of nitrogens with one attached hydrogen (secondary N) is 1. The predicted octanol–water partition coefficient (Wildman–Crippen LogP) is 0.195. The van der Waals surface area contributed by atoms with E-state index >= 15 is 0 Å². The molecule has 0 aromatic heterocycles. The number of carbonyl (C=O) groups is 1. The number of carbonyl (C=O) groups excluding carboxylic acids is 1. The van der Waals surface area contributed by atoms with Crippen LogP contribution in [0.4, 0.5) is 0 Å². The van der Waals surface area contributed by atoms with Crippen molar-refractivity contribution in [1.29, 1.82) is 0 Å². The molecule has 0 heterocycles. The van der Waals surface area contributed by atoms with Crippen molar-refractivity contribution in [2.75, 3.05) is 26.8 Å². The van der Waals surface area contributed by atoms with Crippen molar-refractivity contribution in [3.05, 3.63) is 0 Å². The van der Waals surface area contributed by atoms with Gasteiger partial charge in [0.15, 0.2) is 0 Å². The average molecular weight is 245 g/mol. The van der Waals surface area contributed by atoms with Gasteiger partial charge in [-0.1, -0.05) is 0 Å². The summed E-state index contributed by atoms with van der Waals surface area (Å²) in [4.78, 5) is 13.8. The summed E-state index contributed by atoms with van der Waals surface area (Å²) in [6.07, 6.45) is 0. The lowest BCUT2D eigenvalue weighted by Gasteiger charge is -2.30. The number of amides is 1. The summed E-state index contributed by atoms with van der Waals surface area (Å²) in [5, 5.41) is 2.82. The number of hydrogen-bond acceptors (Lipinski definition) is 4. The van der Waals surface area contributed by atoms with E-state index in [9.17, 15) is 4.79 Å². The molecule has 0 fully saturated rings. The Hall–Kier alpha value is -0.650. The van der Waals surface area contributed by atoms with Gasteiger partial charge in [0.2, 0.25) is 5.91 Å². The third-order valence-electron chi connectivity index (χ3n) is 2.68. The van der Waals surface area contributed by atoms with Gasteiger partial charge in [-0.2, -0.15) is 0 Å². The largest absolute Gasteiger partial charge is 0.383 e. The van der Waals surface area contributed by atoms with E-state index in [1.807, 2.05) is 0 Å². The topological polar surface area (TPSA) is 67.6 Å². The van der Waals surface area contributed by atoms with Gasteiger partial charge in [-0.3, -0.25) is 9.69 Å². The zero-order chi connectivity index (χ0) is 13.4. The molecular formula is C12H27N3O2. The summed E-state index contributed by atoms with van der Waals surface area (Å²) in [6.45, 7) is 10.3. The van der Waals surface area contributed by atoms with Crippen LogP contribution in [0.5, 0.6) is 0 Å². The summed E-state index contributed by atoms with van der Waals surface area (Å²) in [7, 11) is 1.53. The molecule has 3 N–H and O–H groups in total. The summed E-state index contributed by atoms with van der Waals surface area (Å²) in [5.74, 6) is -0.153. The second-order valence-corrected chi connectivity index (χ2v) is 4.78. The van der Waals surface area contributed by atoms with Gasteiger partial charge >= 0.3 is 0 Å². The first kappa shape index (κ1) is 16.4. The fourth-order valence-electron chi connectivity index (χ4n) is 1.81. The summed E-state index contributed by atoms with van der Waals surface area (Å²) in [5.41, 5.74) is 5.61. The smallest absolute Gasteiger partial charge is 0.239 e. The molecule has 0 aliphatic carbocycles. The molecule has 1 amide bonds. The third kappa shape index (κ3) is 6.61. The first-order valence-corrected chi connectivity index (χ1v) is 6.18. The highest BCUT2D eigenvalue weighted by molar-refractivity contribution is 5.81. The molecule has 0 aliphatic rings. The Morgan fingerprint density at radius 2 is 1.82 bits per heavy atom. The van der Waals surface area contributed by atoms with Crippen LogP contribution >= 0.6 is 0 Å². The number of nitrogens with zero attached hydrogens (tertiary/aromatic N) is 1. The number of ether oxygens (including phenoxy) is 1. The first-order valence-electron chi connectivity index (χ1n) is 6.18. The van der Waals surface area contributed by atoms with E-state index in [1.165, 1.54) is 7.11 Å². The first-order chi connectivity index (χ1) is 7.90. The molecule has 0 aromatic carbocycles. The van der Waals surface area contributed by atoms with Gasteiger partial charge in [0.05, 0.1) is 6.61 Å². The van der Waals surface area contributed by atoms with Crippen molar-refractivity contribution in [3.63, 3.8) is 0 Å². The summed E-state index contributed by atoms with van der Waals surface area (Å²) in [6, 6.07) is 0.366. The molecule has 0 rings (SSSR count). The Morgan fingerprint density at radius 3 is 2.24 bits per heavy atom. The van der Waals surface area contributed by atoms with Crippen LogP contribution < -0.4 is 11.1 Å². The Bertz CT molecular complexity index is 212. The lowest BCUT2D eigenvalue weighted by Crippen LogP contribution is -2.47. The Labute approximate surface area is 105 Å². The van der Waals surface area contributed by atoms with Crippen molar-refractivity contribution in [1.82, 2.24) is 10.2 Å². The normalized spacial score (nSPS) is 13.5. The molecule has 1 unspecified atom stereocenters. The van der Waals surface area contributed by atoms with Gasteiger partial charge < -0.3 is 15.8 Å². The lowest BCUT2D eigenvalue weighted by molar-refractivity contribution is -0.123. The van der Waals surface area contributed by atoms with E-state index in [0.717, 1.165) is 6.54 Å². The predicted molar refractivity (Wildman–Crippen MR) is 69.8 cm³/mol. The summed E-state index contributed by atoms with van der Waals surface area (Å²) < 4.78 is 4.83. The molecule has 5 nitrogen and oxygen atoms in total. The Kier molecular flexibility index (Phi) is 8.12. The molecule has 0 aromatic rings. The molecule has 0 bridgehead atoms. The van der Waals surface area contributed by atoms with Gasteiger partial charge in [-0.15, -0.1) is 0 Å². The highest BCUT2D eigenvalue weighted by Crippen LogP contribution is 2.03. The van der Waals surface area contributed by atoms with Gasteiger partial charge in [-0.05, 0) is 27.7 Å². The fraction of sp³-hybridized carbons (Fsp3) is 0.917. The second kappa shape index (κ2) is 8.44. The number of methoxy groups -OCH3 is 1. The van der Waals surface area contributed by atoms with Crippen LogP contribution in [0.15, 0.2) is 0 Å². The standard InChI is InChI=1S/C12H27N3O2/c1-9(2)15(10(3)4)7-6-14-12(16)11(13)8-17-5/h9-11H,6-8,13H2,1-5H3,(H,14,16). The minimum Gasteiger partial charge on any atom is -0.383 e. The van der Waals surface area contributed by atoms with Crippen LogP contribution in [0.1, 0.15) is 27.7 Å². The zero-order valence-electron chi connectivity index (χ0n) is 11.7. The molecule has 17 heavy (non-hydrogen) atoms. The SMILES string of the molecule is COCC(N)C(=O)NCCN(C(C)C)C(C)C. The molecule has 102 valence electrons. The van der Waals surface area contributed by atoms with Crippen molar-refractivity contribution in [2.45, 2.75) is 45.8 Å². The molecule has 0 aliphatic heterocycles. The summed E-state index contributed by atoms with van der Waals surface area (Å²) >= 11 is 0. The molecule has 5 heteroatoms. The van der Waals surface area contributed by atoms with Crippen molar-refractivity contribution in [2.24, 2.45) is 5.73 Å². The molecule has 1 atom stereocenters. The third-order valence-corrected chi connectivity index (χ3v) is 2.68. The van der Waals surface area contributed by atoms with Crippen LogP contribution in [0.2, 0.25) is 0 Å². The van der Waals surface area contributed by atoms with E-state index in [1.54, 1.807) is 0 Å². The van der Waals surface area contributed by atoms with Crippen molar-refractivity contribution >= 4 is 5.91 Å². The molecule has 0 saturated carbocycles. The quantitative estimate of drug-likeness (QED) is 0.641. The van der Waals surface area contributed by atoms with Crippen molar-refractivity contribution in [3.8, 4) is 0 Å². The molecule has 0 saturated heterocycles. The van der Waals surface area contributed by atoms with Crippen LogP contribution in [0.25, 0.3) is 0 Å². The number of nitrogens with two attached hydrogens (primary N) is 1. The molecular weight excluding hydrogens is 218 g/mol. The molecule has 0 spiro atoms. The lowest BCUT2D eigenvalue weighted by atomic mass is 10.2. The van der Waals surface area contributed by atoms with E-state index in [-0.39, 0.29) is 12.5 Å². The van der Waals surface area contributed by atoms with Gasteiger partial charge in [0.25, 0.3) is 0 Å². The van der Waals surface area contributed by atoms with Crippen LogP contribution in [0, 0.1) is 0 Å². The van der Waals surface area contributed by atoms with E-state index in [4.69, 9.17) is 10.5 Å². The highest BCUT2D eigenvalue weighted by atomic mass is 16.5. The van der Waals surface area contributed by atoms with Crippen LogP contribution in [0.3, 0.4) is 0 Å². The number of rotatable bonds is 8. The monoisotopic (exact) mass is 245 g/mol. The highest BCUT2D eigenvalue weighted by Gasteiger charge is 2.15. The van der Waals surface area contributed by atoms with Crippen LogP contribution in [-0.2, 0) is 9.53 Å². The van der Waals surface area contributed by atoms with E-state index < -0.39 is 6.04 Å². The van der Waals surface area contributed by atoms with Gasteiger partial charge in [0, 0.05) is 32.3 Å². The maximum atomic E-state index is 11.5. The van der Waals surface area contributed by atoms with Crippen LogP contribution in [-0.4, -0.2) is 55.7 Å². The van der Waals surface area contributed by atoms with E-state index in [0.29, 0.717) is 18.6 Å². The zero-order valence-corrected chi connectivity index (χ0v) is 11.7. The minimum atomic E-state index is -0.577. The molecule has 0 radical (unpaired) electrons. The van der Waals surface area contributed by atoms with Gasteiger partial charge in [0.1, 0.15) is 6.04 Å². The minimum absolute atomic E-state index is 0.153. The van der Waals surface area contributed by atoms with E-state index in [2.05, 4.69) is 37.9 Å². The Balaban J connectivity index is 3.92. The second-order valence-electron chi connectivity index (χ2n) is 4.78. The van der Waals surface area contributed by atoms with Crippen molar-refractivity contribution < 1.29 is 9.53 Å². The number of hydrogen-bond donors (Lipinski definition) is 2. The maximum Gasteiger partial charge on any atom is 0.239 e. The Morgan fingerprint density at radius 1 is 1.29 bits per heavy atom. The fourth-order valence-corrected chi connectivity index (χ4v) is 1.81. The maximum absolute atomic E-state index is 11.5.